The number of likely N-dealkylation sites (N-methyl/N-ethyl adjacent to an activating group) is 1. The molecule has 5 N–H and O–H groups in total. The summed E-state index contributed by atoms with van der Waals surface area (Å²) >= 11 is 6.02. The molecular formula is C26H23ClF6N6O6. The lowest BCUT2D eigenvalue weighted by Crippen LogP contribution is -2.37. The molecule has 0 fully saturated rings. The lowest BCUT2D eigenvalue weighted by molar-refractivity contribution is -0.193. The van der Waals surface area contributed by atoms with Crippen LogP contribution in [0.3, 0.4) is 0 Å². The van der Waals surface area contributed by atoms with Gasteiger partial charge in [-0.25, -0.2) is 14.6 Å². The van der Waals surface area contributed by atoms with Crippen molar-refractivity contribution in [2.24, 2.45) is 0 Å². The zero-order valence-electron chi connectivity index (χ0n) is 23.0. The van der Waals surface area contributed by atoms with Crippen LogP contribution in [0.4, 0.5) is 26.3 Å². The number of hydrogen-bond donors (Lipinski definition) is 5. The van der Waals surface area contributed by atoms with E-state index >= 15 is 0 Å². The second-order valence-electron chi connectivity index (χ2n) is 9.07. The van der Waals surface area contributed by atoms with Crippen molar-refractivity contribution in [3.05, 3.63) is 81.6 Å². The standard InChI is InChI=1S/C22H21ClN6O2.2C2HF3O2/c1-29(2)12-19(30)27-20(13-3-6-16(23)7-4-13)21-26-18-8-5-14(15-10-24-25-11-15)9-17(18)22(31)28-21;2*3-2(4,5)1(6)7/h3-11,20H,12H2,1-2H3,(H,24,25)(H,27,30)(H,26,28,31);2*(H,6,7). The van der Waals surface area contributed by atoms with E-state index in [0.29, 0.717) is 21.7 Å². The first kappa shape index (κ1) is 36.2. The molecule has 0 aliphatic heterocycles. The van der Waals surface area contributed by atoms with Crippen LogP contribution in [0.15, 0.2) is 59.7 Å². The quantitative estimate of drug-likeness (QED) is 0.190. The Morgan fingerprint density at radius 2 is 1.51 bits per heavy atom. The second kappa shape index (κ2) is 15.2. The summed E-state index contributed by atoms with van der Waals surface area (Å²) in [6.07, 6.45) is -6.72. The molecule has 0 saturated carbocycles. The number of hydrogen-bond acceptors (Lipinski definition) is 7. The van der Waals surface area contributed by atoms with Crippen molar-refractivity contribution >= 4 is 40.3 Å². The maximum Gasteiger partial charge on any atom is 0.490 e. The zero-order chi connectivity index (χ0) is 34.1. The van der Waals surface area contributed by atoms with Crippen LogP contribution < -0.4 is 10.9 Å². The summed E-state index contributed by atoms with van der Waals surface area (Å²) in [6.45, 7) is 0.204. The smallest absolute Gasteiger partial charge is 0.475 e. The van der Waals surface area contributed by atoms with Crippen LogP contribution >= 0.6 is 11.6 Å². The van der Waals surface area contributed by atoms with Gasteiger partial charge in [0, 0.05) is 16.8 Å². The number of rotatable bonds is 6. The number of nitrogens with one attached hydrogen (secondary N) is 3. The fourth-order valence-corrected chi connectivity index (χ4v) is 3.47. The number of benzene rings is 2. The first-order chi connectivity index (χ1) is 20.8. The van der Waals surface area contributed by atoms with E-state index in [0.717, 1.165) is 16.7 Å². The van der Waals surface area contributed by atoms with Crippen LogP contribution in [0.25, 0.3) is 22.0 Å². The summed E-state index contributed by atoms with van der Waals surface area (Å²) < 4.78 is 63.5. The van der Waals surface area contributed by atoms with Crippen LogP contribution in [0.5, 0.6) is 0 Å². The van der Waals surface area contributed by atoms with Crippen LogP contribution in [0.1, 0.15) is 17.4 Å². The van der Waals surface area contributed by atoms with Crippen LogP contribution in [0.2, 0.25) is 5.02 Å². The Balaban J connectivity index is 0.000000421. The van der Waals surface area contributed by atoms with Crippen molar-refractivity contribution in [3.8, 4) is 11.1 Å². The van der Waals surface area contributed by atoms with Gasteiger partial charge in [-0.15, -0.1) is 0 Å². The largest absolute Gasteiger partial charge is 0.490 e. The Hall–Kier alpha value is -4.97. The monoisotopic (exact) mass is 664 g/mol. The van der Waals surface area contributed by atoms with Gasteiger partial charge in [0.25, 0.3) is 5.56 Å². The van der Waals surface area contributed by atoms with Crippen molar-refractivity contribution in [2.75, 3.05) is 20.6 Å². The topological polar surface area (TPSA) is 181 Å². The Kier molecular flexibility index (Phi) is 12.2. The molecule has 12 nitrogen and oxygen atoms in total. The molecule has 1 unspecified atom stereocenters. The van der Waals surface area contributed by atoms with Gasteiger partial charge in [0.2, 0.25) is 5.91 Å². The fraction of sp³-hybridized carbons (Fsp3) is 0.231. The molecule has 242 valence electrons. The number of amides is 1. The van der Waals surface area contributed by atoms with Crippen LogP contribution in [-0.2, 0) is 14.4 Å². The van der Waals surface area contributed by atoms with Gasteiger partial charge in [-0.05, 0) is 49.5 Å². The predicted molar refractivity (Wildman–Crippen MR) is 147 cm³/mol. The molecule has 2 aromatic heterocycles. The average Bonchev–Trinajstić information content (AvgIpc) is 3.47. The molecule has 0 bridgehead atoms. The number of halogens is 7. The SMILES string of the molecule is CN(C)CC(=O)NC(c1ccc(Cl)cc1)c1nc2ccc(-c3cn[nH]c3)cc2c(=O)[nH]1.O=C(O)C(F)(F)F.O=C(O)C(F)(F)F. The number of alkyl halides is 6. The average molecular weight is 665 g/mol. The number of carbonyl (C=O) groups is 3. The minimum atomic E-state index is -5.08. The van der Waals surface area contributed by atoms with Crippen molar-refractivity contribution in [1.29, 1.82) is 0 Å². The van der Waals surface area contributed by atoms with Gasteiger partial charge in [-0.1, -0.05) is 29.8 Å². The lowest BCUT2D eigenvalue weighted by atomic mass is 10.0. The molecular weight excluding hydrogens is 642 g/mol. The number of carbonyl (C=O) groups excluding carboxylic acids is 1. The van der Waals surface area contributed by atoms with E-state index in [-0.39, 0.29) is 18.0 Å². The van der Waals surface area contributed by atoms with Gasteiger partial charge in [0.1, 0.15) is 11.9 Å². The van der Waals surface area contributed by atoms with Crippen molar-refractivity contribution in [2.45, 2.75) is 18.4 Å². The highest BCUT2D eigenvalue weighted by molar-refractivity contribution is 6.30. The van der Waals surface area contributed by atoms with E-state index < -0.39 is 30.3 Å². The number of aromatic amines is 2. The summed E-state index contributed by atoms with van der Waals surface area (Å²) in [7, 11) is 3.62. The van der Waals surface area contributed by atoms with Crippen molar-refractivity contribution in [3.63, 3.8) is 0 Å². The van der Waals surface area contributed by atoms with Gasteiger partial charge in [-0.2, -0.15) is 31.4 Å². The number of nitrogens with zero attached hydrogens (tertiary/aromatic N) is 3. The Bertz CT molecular complexity index is 1650. The summed E-state index contributed by atoms with van der Waals surface area (Å²) in [6, 6.07) is 11.9. The third-order valence-corrected chi connectivity index (χ3v) is 5.53. The summed E-state index contributed by atoms with van der Waals surface area (Å²) in [4.78, 5) is 52.5. The third-order valence-electron chi connectivity index (χ3n) is 5.28. The highest BCUT2D eigenvalue weighted by atomic mass is 35.5. The number of carboxylic acid groups (broad SMARTS) is 2. The normalized spacial score (nSPS) is 12.0. The lowest BCUT2D eigenvalue weighted by Gasteiger charge is -2.20. The van der Waals surface area contributed by atoms with Crippen molar-refractivity contribution < 1.29 is 50.9 Å². The minimum Gasteiger partial charge on any atom is -0.475 e. The number of H-pyrrole nitrogens is 2. The molecule has 0 saturated heterocycles. The van der Waals surface area contributed by atoms with Gasteiger partial charge in [0.15, 0.2) is 0 Å². The summed E-state index contributed by atoms with van der Waals surface area (Å²) in [5, 5.41) is 25.0. The molecule has 2 aromatic carbocycles. The van der Waals surface area contributed by atoms with E-state index in [1.165, 1.54) is 0 Å². The van der Waals surface area contributed by atoms with Gasteiger partial charge in [0.05, 0.1) is 23.6 Å². The third kappa shape index (κ3) is 11.2. The van der Waals surface area contributed by atoms with E-state index in [9.17, 15) is 35.9 Å². The first-order valence-electron chi connectivity index (χ1n) is 12.1. The first-order valence-corrected chi connectivity index (χ1v) is 12.5. The zero-order valence-corrected chi connectivity index (χ0v) is 23.8. The van der Waals surface area contributed by atoms with Crippen LogP contribution in [-0.4, -0.2) is 86.1 Å². The molecule has 45 heavy (non-hydrogen) atoms. The maximum atomic E-state index is 12.9. The second-order valence-corrected chi connectivity index (χ2v) is 9.50. The van der Waals surface area contributed by atoms with Gasteiger partial charge < -0.3 is 25.4 Å². The van der Waals surface area contributed by atoms with Crippen molar-refractivity contribution in [1.82, 2.24) is 30.4 Å². The van der Waals surface area contributed by atoms with E-state index in [4.69, 9.17) is 31.4 Å². The Morgan fingerprint density at radius 1 is 0.956 bits per heavy atom. The predicted octanol–water partition coefficient (Wildman–Crippen LogP) is 4.00. The Morgan fingerprint density at radius 3 is 1.98 bits per heavy atom. The summed E-state index contributed by atoms with van der Waals surface area (Å²) in [5.74, 6) is -5.36. The molecule has 0 aliphatic rings. The van der Waals surface area contributed by atoms with E-state index in [1.807, 2.05) is 20.2 Å². The highest BCUT2D eigenvalue weighted by Crippen LogP contribution is 2.24. The van der Waals surface area contributed by atoms with Gasteiger partial charge in [-0.3, -0.25) is 14.7 Å². The Labute approximate surface area is 253 Å². The molecule has 0 aliphatic carbocycles. The van der Waals surface area contributed by atoms with E-state index in [2.05, 4.69) is 25.5 Å². The molecule has 4 rings (SSSR count). The molecule has 0 spiro atoms. The molecule has 1 amide bonds. The minimum absolute atomic E-state index is 0.192. The van der Waals surface area contributed by atoms with Crippen LogP contribution in [0, 0.1) is 0 Å². The molecule has 1 atom stereocenters. The molecule has 19 heteroatoms. The van der Waals surface area contributed by atoms with E-state index in [1.54, 1.807) is 53.7 Å². The molecule has 0 radical (unpaired) electrons. The number of aliphatic carboxylic acids is 2. The number of aromatic nitrogens is 4. The summed E-state index contributed by atoms with van der Waals surface area (Å²) in [5.41, 5.74) is 2.74. The molecule has 2 heterocycles. The maximum absolute atomic E-state index is 12.9. The highest BCUT2D eigenvalue weighted by Gasteiger charge is 2.38. The van der Waals surface area contributed by atoms with Gasteiger partial charge >= 0.3 is 24.3 Å². The fourth-order valence-electron chi connectivity index (χ4n) is 3.34. The molecule has 4 aromatic rings. The number of fused-ring (bicyclic) bond motifs is 1. The number of carboxylic acids is 2.